The van der Waals surface area contributed by atoms with Crippen molar-refractivity contribution in [3.05, 3.63) is 64.5 Å². The van der Waals surface area contributed by atoms with Crippen molar-refractivity contribution in [3.63, 3.8) is 0 Å². The minimum atomic E-state index is -0.588. The summed E-state index contributed by atoms with van der Waals surface area (Å²) in [5.41, 5.74) is 2.13. The Bertz CT molecular complexity index is 753. The average molecular weight is 316 g/mol. The molecule has 0 bridgehead atoms. The number of halogens is 1. The summed E-state index contributed by atoms with van der Waals surface area (Å²) in [6.07, 6.45) is 0. The molecule has 0 aliphatic heterocycles. The lowest BCUT2D eigenvalue weighted by atomic mass is 10.1. The van der Waals surface area contributed by atoms with E-state index in [4.69, 9.17) is 9.47 Å². The number of rotatable bonds is 5. The maximum atomic E-state index is 13.3. The van der Waals surface area contributed by atoms with Gasteiger partial charge in [0.1, 0.15) is 11.6 Å². The van der Waals surface area contributed by atoms with Crippen LogP contribution >= 0.6 is 0 Å². The minimum Gasteiger partial charge on any atom is -0.496 e. The van der Waals surface area contributed by atoms with Crippen LogP contribution in [0.2, 0.25) is 0 Å². The molecule has 0 atom stereocenters. The number of carbonyl (C=O) groups excluding carboxylic acids is 2. The number of benzene rings is 2. The monoisotopic (exact) mass is 316 g/mol. The van der Waals surface area contributed by atoms with Gasteiger partial charge in [-0.1, -0.05) is 17.7 Å². The Labute approximate surface area is 133 Å². The van der Waals surface area contributed by atoms with Crippen LogP contribution in [0.15, 0.2) is 36.4 Å². The number of esters is 1. The Kier molecular flexibility index (Phi) is 5.11. The highest BCUT2D eigenvalue weighted by Gasteiger charge is 2.17. The molecule has 2 rings (SSSR count). The summed E-state index contributed by atoms with van der Waals surface area (Å²) in [7, 11) is 1.38. The van der Waals surface area contributed by atoms with Crippen molar-refractivity contribution in [2.45, 2.75) is 13.8 Å². The van der Waals surface area contributed by atoms with Crippen LogP contribution in [0, 0.1) is 19.7 Å². The van der Waals surface area contributed by atoms with Crippen LogP contribution < -0.4 is 4.74 Å². The molecule has 0 saturated carbocycles. The van der Waals surface area contributed by atoms with Gasteiger partial charge >= 0.3 is 5.97 Å². The van der Waals surface area contributed by atoms with Gasteiger partial charge in [0.25, 0.3) is 0 Å². The molecule has 120 valence electrons. The lowest BCUT2D eigenvalue weighted by Gasteiger charge is -2.10. The van der Waals surface area contributed by atoms with Crippen molar-refractivity contribution >= 4 is 11.8 Å². The van der Waals surface area contributed by atoms with E-state index in [9.17, 15) is 14.0 Å². The molecule has 4 nitrogen and oxygen atoms in total. The van der Waals surface area contributed by atoms with E-state index < -0.39 is 24.2 Å². The second-order valence-electron chi connectivity index (χ2n) is 5.16. The number of Topliss-reactive ketones (excluding diaryl/α,β-unsaturated/α-hetero) is 1. The highest BCUT2D eigenvalue weighted by molar-refractivity contribution is 6.01. The van der Waals surface area contributed by atoms with E-state index in [1.54, 1.807) is 13.0 Å². The van der Waals surface area contributed by atoms with E-state index in [0.717, 1.165) is 17.2 Å². The first-order chi connectivity index (χ1) is 10.9. The first-order valence-electron chi connectivity index (χ1n) is 7.03. The quantitative estimate of drug-likeness (QED) is 0.626. The predicted molar refractivity (Wildman–Crippen MR) is 83.5 cm³/mol. The van der Waals surface area contributed by atoms with Crippen LogP contribution in [0.25, 0.3) is 0 Å². The Morgan fingerprint density at radius 1 is 1.04 bits per heavy atom. The van der Waals surface area contributed by atoms with Gasteiger partial charge in [0.05, 0.1) is 18.2 Å². The van der Waals surface area contributed by atoms with Crippen LogP contribution in [0.1, 0.15) is 31.8 Å². The van der Waals surface area contributed by atoms with E-state index in [1.807, 2.05) is 19.1 Å². The van der Waals surface area contributed by atoms with Gasteiger partial charge in [-0.3, -0.25) is 4.79 Å². The standard InChI is InChI=1S/C18H17FO4/c1-11-4-5-12(2)14(8-11)18(21)23-10-16(20)15-9-13(19)6-7-17(15)22-3/h4-9H,10H2,1-3H3. The summed E-state index contributed by atoms with van der Waals surface area (Å²) in [5, 5.41) is 0. The molecule has 2 aromatic carbocycles. The fourth-order valence-corrected chi connectivity index (χ4v) is 2.14. The molecule has 0 aliphatic rings. The minimum absolute atomic E-state index is 0.0428. The molecule has 0 radical (unpaired) electrons. The highest BCUT2D eigenvalue weighted by atomic mass is 19.1. The molecule has 23 heavy (non-hydrogen) atoms. The third-order valence-corrected chi connectivity index (χ3v) is 3.41. The number of ether oxygens (including phenoxy) is 2. The number of hydrogen-bond acceptors (Lipinski definition) is 4. The fourth-order valence-electron chi connectivity index (χ4n) is 2.14. The van der Waals surface area contributed by atoms with Crippen molar-refractivity contribution in [1.82, 2.24) is 0 Å². The SMILES string of the molecule is COc1ccc(F)cc1C(=O)COC(=O)c1cc(C)ccc1C. The molecule has 0 saturated heterocycles. The van der Waals surface area contributed by atoms with Gasteiger partial charge in [0.2, 0.25) is 5.78 Å². The molecule has 0 aliphatic carbocycles. The van der Waals surface area contributed by atoms with Gasteiger partial charge in [0, 0.05) is 0 Å². The third kappa shape index (κ3) is 3.94. The lowest BCUT2D eigenvalue weighted by Crippen LogP contribution is -2.16. The Balaban J connectivity index is 2.11. The van der Waals surface area contributed by atoms with Crippen molar-refractivity contribution < 1.29 is 23.5 Å². The summed E-state index contributed by atoms with van der Waals surface area (Å²) in [6, 6.07) is 9.00. The number of hydrogen-bond donors (Lipinski definition) is 0. The first-order valence-corrected chi connectivity index (χ1v) is 7.03. The van der Waals surface area contributed by atoms with Crippen LogP contribution in [0.5, 0.6) is 5.75 Å². The molecule has 0 amide bonds. The molecule has 2 aromatic rings. The maximum absolute atomic E-state index is 13.3. The molecule has 0 spiro atoms. The second-order valence-corrected chi connectivity index (χ2v) is 5.16. The first kappa shape index (κ1) is 16.7. The van der Waals surface area contributed by atoms with E-state index >= 15 is 0 Å². The van der Waals surface area contributed by atoms with Gasteiger partial charge in [0.15, 0.2) is 6.61 Å². The molecular formula is C18H17FO4. The summed E-state index contributed by atoms with van der Waals surface area (Å²) in [6.45, 7) is 3.17. The summed E-state index contributed by atoms with van der Waals surface area (Å²) in [5.74, 6) is -1.44. The molecule has 0 unspecified atom stereocenters. The van der Waals surface area contributed by atoms with E-state index in [2.05, 4.69) is 0 Å². The van der Waals surface area contributed by atoms with Crippen LogP contribution in [-0.2, 0) is 4.74 Å². The van der Waals surface area contributed by atoms with Crippen LogP contribution in [0.3, 0.4) is 0 Å². The van der Waals surface area contributed by atoms with E-state index in [-0.39, 0.29) is 11.3 Å². The zero-order valence-electron chi connectivity index (χ0n) is 13.2. The Morgan fingerprint density at radius 3 is 2.48 bits per heavy atom. The van der Waals surface area contributed by atoms with Gasteiger partial charge in [-0.15, -0.1) is 0 Å². The predicted octanol–water partition coefficient (Wildman–Crippen LogP) is 3.49. The molecule has 0 N–H and O–H groups in total. The number of aryl methyl sites for hydroxylation is 2. The van der Waals surface area contributed by atoms with Gasteiger partial charge < -0.3 is 9.47 Å². The number of methoxy groups -OCH3 is 1. The van der Waals surface area contributed by atoms with E-state index in [1.165, 1.54) is 19.2 Å². The third-order valence-electron chi connectivity index (χ3n) is 3.41. The summed E-state index contributed by atoms with van der Waals surface area (Å²) in [4.78, 5) is 24.2. The molecule has 5 heteroatoms. The molecule has 0 fully saturated rings. The number of carbonyl (C=O) groups is 2. The van der Waals surface area contributed by atoms with Crippen molar-refractivity contribution in [2.24, 2.45) is 0 Å². The maximum Gasteiger partial charge on any atom is 0.338 e. The van der Waals surface area contributed by atoms with Crippen molar-refractivity contribution in [3.8, 4) is 5.75 Å². The second kappa shape index (κ2) is 7.05. The smallest absolute Gasteiger partial charge is 0.338 e. The van der Waals surface area contributed by atoms with Gasteiger partial charge in [-0.05, 0) is 43.7 Å². The van der Waals surface area contributed by atoms with Crippen LogP contribution in [0.4, 0.5) is 4.39 Å². The topological polar surface area (TPSA) is 52.6 Å². The van der Waals surface area contributed by atoms with Gasteiger partial charge in [-0.25, -0.2) is 9.18 Å². The zero-order chi connectivity index (χ0) is 17.0. The normalized spacial score (nSPS) is 10.3. The fraction of sp³-hybridized carbons (Fsp3) is 0.222. The van der Waals surface area contributed by atoms with Crippen LogP contribution in [-0.4, -0.2) is 25.5 Å². The average Bonchev–Trinajstić information content (AvgIpc) is 2.54. The number of ketones is 1. The lowest BCUT2D eigenvalue weighted by molar-refractivity contribution is 0.0473. The highest BCUT2D eigenvalue weighted by Crippen LogP contribution is 2.20. The van der Waals surface area contributed by atoms with E-state index in [0.29, 0.717) is 5.56 Å². The molecular weight excluding hydrogens is 299 g/mol. The summed E-state index contributed by atoms with van der Waals surface area (Å²) < 4.78 is 23.4. The Morgan fingerprint density at radius 2 is 1.78 bits per heavy atom. The van der Waals surface area contributed by atoms with Crippen molar-refractivity contribution in [1.29, 1.82) is 0 Å². The Hall–Kier alpha value is -2.69. The largest absolute Gasteiger partial charge is 0.496 e. The van der Waals surface area contributed by atoms with Gasteiger partial charge in [-0.2, -0.15) is 0 Å². The zero-order valence-corrected chi connectivity index (χ0v) is 13.2. The molecule has 0 aromatic heterocycles. The summed E-state index contributed by atoms with van der Waals surface area (Å²) >= 11 is 0. The van der Waals surface area contributed by atoms with Crippen molar-refractivity contribution in [2.75, 3.05) is 13.7 Å². The molecule has 0 heterocycles.